The minimum Gasteiger partial charge on any atom is -0.324 e. The molecule has 0 fully saturated rings. The first-order valence-electron chi connectivity index (χ1n) is 3.60. The maximum atomic E-state index is 10.8. The van der Waals surface area contributed by atoms with Gasteiger partial charge < -0.3 is 29.4 Å². The van der Waals surface area contributed by atoms with Gasteiger partial charge in [-0.25, -0.2) is 0 Å². The number of allylic oxidation sites excluding steroid dienone is 1. The molecule has 0 radical (unpaired) electrons. The predicted octanol–water partition coefficient (Wildman–Crippen LogP) is -0.598. The van der Waals surface area contributed by atoms with Crippen LogP contribution in [-0.4, -0.2) is 41.2 Å². The lowest BCUT2D eigenvalue weighted by Gasteiger charge is -2.21. The van der Waals surface area contributed by atoms with Crippen LogP contribution in [0.15, 0.2) is 11.9 Å². The van der Waals surface area contributed by atoms with Crippen molar-refractivity contribution in [2.45, 2.75) is 5.66 Å². The average molecular weight is 296 g/mol. The van der Waals surface area contributed by atoms with Gasteiger partial charge in [-0.1, -0.05) is 6.58 Å². The third-order valence-electron chi connectivity index (χ3n) is 1.58. The Kier molecular flexibility index (Phi) is 4.88. The minimum atomic E-state index is -5.11. The molecule has 6 N–H and O–H groups in total. The zero-order valence-corrected chi connectivity index (χ0v) is 10.4. The summed E-state index contributed by atoms with van der Waals surface area (Å²) in [6, 6.07) is 0. The second-order valence-corrected chi connectivity index (χ2v) is 8.15. The molecule has 0 saturated carbocycles. The van der Waals surface area contributed by atoms with Gasteiger partial charge in [-0.15, -0.1) is 0 Å². The Bertz CT molecular complexity index is 408. The molecule has 0 rings (SSSR count). The molecule has 12 heteroatoms. The summed E-state index contributed by atoms with van der Waals surface area (Å²) in [6.45, 7) is 2.78. The normalized spacial score (nSPS) is 15.9. The molecule has 16 heavy (non-hydrogen) atoms. The van der Waals surface area contributed by atoms with Crippen molar-refractivity contribution in [3.05, 3.63) is 11.9 Å². The van der Waals surface area contributed by atoms with Crippen molar-refractivity contribution in [1.29, 1.82) is 0 Å². The smallest absolute Gasteiger partial charge is 0.324 e. The van der Waals surface area contributed by atoms with Gasteiger partial charge in [0.05, 0.1) is 6.16 Å². The summed E-state index contributed by atoms with van der Waals surface area (Å²) in [6.07, 6.45) is -1.37. The van der Waals surface area contributed by atoms with Gasteiger partial charge in [0.25, 0.3) is 0 Å². The molecule has 0 amide bonds. The van der Waals surface area contributed by atoms with Crippen LogP contribution in [0.2, 0.25) is 0 Å². The van der Waals surface area contributed by atoms with Gasteiger partial charge in [0.15, 0.2) is 0 Å². The summed E-state index contributed by atoms with van der Waals surface area (Å²) in [7, 11) is -15.0. The molecular formula is C4H11O9P3. The van der Waals surface area contributed by atoms with Crippen molar-refractivity contribution in [1.82, 2.24) is 0 Å². The molecule has 0 aliphatic rings. The fourth-order valence-electron chi connectivity index (χ4n) is 0.825. The molecule has 0 aromatic carbocycles. The SMILES string of the molecule is C=C(C(CP(=O)(O)O)P(=O)(O)O)P(=O)(O)O. The highest BCUT2D eigenvalue weighted by atomic mass is 31.2. The molecule has 0 bridgehead atoms. The van der Waals surface area contributed by atoms with E-state index in [2.05, 4.69) is 6.58 Å². The van der Waals surface area contributed by atoms with Crippen molar-refractivity contribution in [2.24, 2.45) is 0 Å². The highest BCUT2D eigenvalue weighted by molar-refractivity contribution is 7.61. The van der Waals surface area contributed by atoms with E-state index in [9.17, 15) is 13.7 Å². The Morgan fingerprint density at radius 2 is 1.38 bits per heavy atom. The van der Waals surface area contributed by atoms with Crippen LogP contribution in [0.4, 0.5) is 0 Å². The molecule has 0 heterocycles. The minimum absolute atomic E-state index is 1.19. The lowest BCUT2D eigenvalue weighted by atomic mass is 10.5. The highest BCUT2D eigenvalue weighted by Gasteiger charge is 2.42. The van der Waals surface area contributed by atoms with Crippen molar-refractivity contribution in [2.75, 3.05) is 6.16 Å². The average Bonchev–Trinajstić information content (AvgIpc) is 1.93. The summed E-state index contributed by atoms with van der Waals surface area (Å²) in [5.74, 6) is 0. The maximum absolute atomic E-state index is 10.8. The first-order chi connectivity index (χ1) is 6.75. The van der Waals surface area contributed by atoms with Gasteiger partial charge in [0.2, 0.25) is 0 Å². The van der Waals surface area contributed by atoms with E-state index in [0.717, 1.165) is 0 Å². The second kappa shape index (κ2) is 4.82. The first kappa shape index (κ1) is 16.2. The topological polar surface area (TPSA) is 173 Å². The summed E-state index contributed by atoms with van der Waals surface area (Å²) in [5, 5.41) is -1.19. The molecular weight excluding hydrogens is 285 g/mol. The predicted molar refractivity (Wildman–Crippen MR) is 53.9 cm³/mol. The molecule has 0 saturated heterocycles. The van der Waals surface area contributed by atoms with E-state index in [1.54, 1.807) is 0 Å². The first-order valence-corrected chi connectivity index (χ1v) is 8.69. The fourth-order valence-corrected chi connectivity index (χ4v) is 4.90. The van der Waals surface area contributed by atoms with E-state index in [1.807, 2.05) is 0 Å². The maximum Gasteiger partial charge on any atom is 0.352 e. The molecule has 1 atom stereocenters. The standard InChI is InChI=1S/C4H11O9P3/c1-3(15(8,9)10)4(16(11,12)13)2-14(5,6)7/h4H,1-2H2,(H2,5,6,7)(H2,8,9,10)(H2,11,12,13). The third-order valence-corrected chi connectivity index (χ3v) is 5.27. The van der Waals surface area contributed by atoms with Crippen LogP contribution in [0.1, 0.15) is 0 Å². The molecule has 0 aliphatic heterocycles. The van der Waals surface area contributed by atoms with E-state index in [-0.39, 0.29) is 0 Å². The quantitative estimate of drug-likeness (QED) is 0.362. The van der Waals surface area contributed by atoms with Crippen molar-refractivity contribution in [3.63, 3.8) is 0 Å². The fraction of sp³-hybridized carbons (Fsp3) is 0.500. The Labute approximate surface area is 90.3 Å². The van der Waals surface area contributed by atoms with Gasteiger partial charge in [-0.3, -0.25) is 13.7 Å². The van der Waals surface area contributed by atoms with Crippen LogP contribution < -0.4 is 0 Å². The van der Waals surface area contributed by atoms with E-state index in [4.69, 9.17) is 29.4 Å². The second-order valence-electron chi connectivity index (χ2n) is 2.99. The van der Waals surface area contributed by atoms with Gasteiger partial charge in [0, 0.05) is 5.31 Å². The van der Waals surface area contributed by atoms with Crippen molar-refractivity contribution < 1.29 is 43.1 Å². The molecule has 96 valence electrons. The molecule has 1 unspecified atom stereocenters. The monoisotopic (exact) mass is 296 g/mol. The third kappa shape index (κ3) is 5.50. The molecule has 0 aromatic rings. The van der Waals surface area contributed by atoms with Crippen LogP contribution >= 0.6 is 22.8 Å². The van der Waals surface area contributed by atoms with Crippen LogP contribution in [0.3, 0.4) is 0 Å². The van der Waals surface area contributed by atoms with Crippen molar-refractivity contribution >= 4 is 22.8 Å². The lowest BCUT2D eigenvalue weighted by molar-refractivity contribution is 0.347. The Hall–Kier alpha value is 0.190. The van der Waals surface area contributed by atoms with E-state index in [1.165, 1.54) is 0 Å². The summed E-state index contributed by atoms with van der Waals surface area (Å²) in [5.41, 5.74) is -2.27. The van der Waals surface area contributed by atoms with E-state index in [0.29, 0.717) is 0 Å². The van der Waals surface area contributed by atoms with Gasteiger partial charge in [-0.2, -0.15) is 0 Å². The van der Waals surface area contributed by atoms with E-state index < -0.39 is 39.9 Å². The Balaban J connectivity index is 5.31. The largest absolute Gasteiger partial charge is 0.352 e. The van der Waals surface area contributed by atoms with Crippen LogP contribution in [-0.2, 0) is 13.7 Å². The Morgan fingerprint density at radius 1 is 1.00 bits per heavy atom. The number of rotatable bonds is 5. The van der Waals surface area contributed by atoms with Gasteiger partial charge in [0.1, 0.15) is 5.66 Å². The lowest BCUT2D eigenvalue weighted by Crippen LogP contribution is -2.17. The van der Waals surface area contributed by atoms with Gasteiger partial charge in [-0.05, 0) is 0 Å². The molecule has 0 aromatic heterocycles. The summed E-state index contributed by atoms with van der Waals surface area (Å²) >= 11 is 0. The van der Waals surface area contributed by atoms with Crippen LogP contribution in [0.25, 0.3) is 0 Å². The zero-order chi connectivity index (χ0) is 13.4. The number of hydrogen-bond acceptors (Lipinski definition) is 3. The van der Waals surface area contributed by atoms with E-state index >= 15 is 0 Å². The van der Waals surface area contributed by atoms with Gasteiger partial charge >= 0.3 is 22.8 Å². The molecule has 0 spiro atoms. The number of hydrogen-bond donors (Lipinski definition) is 6. The zero-order valence-electron chi connectivity index (χ0n) is 7.74. The highest BCUT2D eigenvalue weighted by Crippen LogP contribution is 2.59. The van der Waals surface area contributed by atoms with Crippen LogP contribution in [0.5, 0.6) is 0 Å². The van der Waals surface area contributed by atoms with Crippen molar-refractivity contribution in [3.8, 4) is 0 Å². The summed E-state index contributed by atoms with van der Waals surface area (Å²) in [4.78, 5) is 51.8. The van der Waals surface area contributed by atoms with Crippen LogP contribution in [0, 0.1) is 0 Å². The Morgan fingerprint density at radius 3 is 1.56 bits per heavy atom. The molecule has 0 aliphatic carbocycles. The molecule has 9 nitrogen and oxygen atoms in total. The summed E-state index contributed by atoms with van der Waals surface area (Å²) < 4.78 is 32.1.